The summed E-state index contributed by atoms with van der Waals surface area (Å²) in [6, 6.07) is 8.68. The number of carbonyl (C=O) groups is 2. The number of esters is 1. The minimum Gasteiger partial charge on any atom is -0.452 e. The van der Waals surface area contributed by atoms with Gasteiger partial charge in [-0.05, 0) is 68.7 Å². The Labute approximate surface area is 185 Å². The van der Waals surface area contributed by atoms with Crippen LogP contribution < -0.4 is 5.32 Å². The van der Waals surface area contributed by atoms with Crippen molar-refractivity contribution in [3.05, 3.63) is 59.7 Å². The summed E-state index contributed by atoms with van der Waals surface area (Å²) >= 11 is 0. The average Bonchev–Trinajstić information content (AvgIpc) is 2.76. The van der Waals surface area contributed by atoms with Crippen LogP contribution in [0, 0.1) is 24.5 Å². The number of sulfonamides is 1. The van der Waals surface area contributed by atoms with Gasteiger partial charge in [0.15, 0.2) is 6.10 Å². The lowest BCUT2D eigenvalue weighted by molar-refractivity contribution is -0.158. The van der Waals surface area contributed by atoms with Gasteiger partial charge in [0, 0.05) is 18.8 Å². The molecular formula is C22H24F2N2O5S. The number of rotatable bonds is 6. The van der Waals surface area contributed by atoms with Crippen LogP contribution in [-0.2, 0) is 24.3 Å². The fourth-order valence-electron chi connectivity index (χ4n) is 3.35. The number of aryl methyl sites for hydroxylation is 1. The van der Waals surface area contributed by atoms with Crippen LogP contribution in [0.15, 0.2) is 47.4 Å². The number of benzene rings is 2. The fourth-order valence-corrected chi connectivity index (χ4v) is 4.87. The van der Waals surface area contributed by atoms with Gasteiger partial charge in [0.2, 0.25) is 10.0 Å². The van der Waals surface area contributed by atoms with Crippen LogP contribution >= 0.6 is 0 Å². The van der Waals surface area contributed by atoms with E-state index in [1.54, 1.807) is 6.92 Å². The van der Waals surface area contributed by atoms with Gasteiger partial charge in [0.05, 0.1) is 10.8 Å². The highest BCUT2D eigenvalue weighted by molar-refractivity contribution is 7.89. The van der Waals surface area contributed by atoms with Gasteiger partial charge in [-0.15, -0.1) is 0 Å². The van der Waals surface area contributed by atoms with Crippen molar-refractivity contribution in [2.24, 2.45) is 5.92 Å². The number of anilines is 1. The largest absolute Gasteiger partial charge is 0.452 e. The molecule has 1 fully saturated rings. The molecule has 0 aromatic heterocycles. The van der Waals surface area contributed by atoms with Crippen molar-refractivity contribution in [1.82, 2.24) is 4.31 Å². The second kappa shape index (κ2) is 9.74. The minimum absolute atomic E-state index is 0.0639. The summed E-state index contributed by atoms with van der Waals surface area (Å²) in [4.78, 5) is 24.8. The van der Waals surface area contributed by atoms with Crippen molar-refractivity contribution >= 4 is 27.6 Å². The maximum Gasteiger partial charge on any atom is 0.311 e. The van der Waals surface area contributed by atoms with Gasteiger partial charge >= 0.3 is 5.97 Å². The highest BCUT2D eigenvalue weighted by atomic mass is 32.2. The molecule has 1 aliphatic rings. The lowest BCUT2D eigenvalue weighted by Crippen LogP contribution is -2.44. The molecule has 2 unspecified atom stereocenters. The molecule has 1 saturated heterocycles. The Morgan fingerprint density at radius 2 is 1.84 bits per heavy atom. The van der Waals surface area contributed by atoms with Crippen molar-refractivity contribution < 1.29 is 31.5 Å². The quantitative estimate of drug-likeness (QED) is 0.660. The second-order valence-corrected chi connectivity index (χ2v) is 9.63. The predicted molar refractivity (Wildman–Crippen MR) is 113 cm³/mol. The summed E-state index contributed by atoms with van der Waals surface area (Å²) in [5, 5.41) is 2.48. The van der Waals surface area contributed by atoms with E-state index >= 15 is 0 Å². The Morgan fingerprint density at radius 1 is 1.16 bits per heavy atom. The molecule has 1 aliphatic heterocycles. The molecule has 0 spiro atoms. The van der Waals surface area contributed by atoms with Crippen molar-refractivity contribution in [2.75, 3.05) is 18.4 Å². The van der Waals surface area contributed by atoms with Crippen molar-refractivity contribution in [1.29, 1.82) is 0 Å². The van der Waals surface area contributed by atoms with Gasteiger partial charge in [-0.2, -0.15) is 4.31 Å². The number of ether oxygens (including phenoxy) is 1. The van der Waals surface area contributed by atoms with Crippen LogP contribution in [0.3, 0.4) is 0 Å². The molecule has 1 amide bonds. The van der Waals surface area contributed by atoms with Crippen LogP contribution in [0.5, 0.6) is 0 Å². The fraction of sp³-hybridized carbons (Fsp3) is 0.364. The van der Waals surface area contributed by atoms with Gasteiger partial charge in [-0.1, -0.05) is 6.07 Å². The zero-order valence-electron chi connectivity index (χ0n) is 17.7. The highest BCUT2D eigenvalue weighted by Crippen LogP contribution is 2.25. The van der Waals surface area contributed by atoms with E-state index in [2.05, 4.69) is 5.32 Å². The van der Waals surface area contributed by atoms with E-state index in [1.165, 1.54) is 37.3 Å². The first-order chi connectivity index (χ1) is 15.1. The maximum absolute atomic E-state index is 13.7. The first kappa shape index (κ1) is 23.8. The van der Waals surface area contributed by atoms with E-state index in [0.29, 0.717) is 18.4 Å². The molecule has 3 rings (SSSR count). The number of nitrogens with zero attached hydrogens (tertiary/aromatic N) is 1. The molecule has 0 saturated carbocycles. The number of nitrogens with one attached hydrogen (secondary N) is 1. The van der Waals surface area contributed by atoms with Gasteiger partial charge in [-0.25, -0.2) is 17.2 Å². The van der Waals surface area contributed by atoms with E-state index in [-0.39, 0.29) is 23.7 Å². The van der Waals surface area contributed by atoms with Crippen molar-refractivity contribution in [3.8, 4) is 0 Å². The molecular weight excluding hydrogens is 442 g/mol. The van der Waals surface area contributed by atoms with Crippen LogP contribution in [0.4, 0.5) is 14.5 Å². The number of halogens is 2. The van der Waals surface area contributed by atoms with Crippen LogP contribution in [0.2, 0.25) is 0 Å². The van der Waals surface area contributed by atoms with E-state index in [1.807, 2.05) is 0 Å². The molecule has 0 bridgehead atoms. The lowest BCUT2D eigenvalue weighted by atomic mass is 10.00. The smallest absolute Gasteiger partial charge is 0.311 e. The first-order valence-corrected chi connectivity index (χ1v) is 11.5. The average molecular weight is 467 g/mol. The molecule has 2 atom stereocenters. The molecule has 0 aliphatic carbocycles. The standard InChI is InChI=1S/C22H24F2N2O5S/c1-14-5-8-18(12-20(14)24)25-21(27)15(2)31-22(28)16-4-3-11-26(13-16)32(29,30)19-9-6-17(23)7-10-19/h5-10,12,15-16H,3-4,11,13H2,1-2H3,(H,25,27). The molecule has 2 aromatic carbocycles. The Kier molecular flexibility index (Phi) is 7.25. The topological polar surface area (TPSA) is 92.8 Å². The van der Waals surface area contributed by atoms with Gasteiger partial charge < -0.3 is 10.1 Å². The van der Waals surface area contributed by atoms with E-state index in [4.69, 9.17) is 4.74 Å². The van der Waals surface area contributed by atoms with Gasteiger partial charge in [-0.3, -0.25) is 9.59 Å². The van der Waals surface area contributed by atoms with Crippen molar-refractivity contribution in [2.45, 2.75) is 37.7 Å². The van der Waals surface area contributed by atoms with E-state index < -0.39 is 45.6 Å². The summed E-state index contributed by atoms with van der Waals surface area (Å²) in [6.45, 7) is 3.09. The molecule has 10 heteroatoms. The number of carbonyl (C=O) groups excluding carboxylic acids is 2. The molecule has 7 nitrogen and oxygen atoms in total. The Bertz CT molecular complexity index is 1110. The summed E-state index contributed by atoms with van der Waals surface area (Å²) in [5.74, 6) is -3.09. The third-order valence-electron chi connectivity index (χ3n) is 5.27. The van der Waals surface area contributed by atoms with E-state index in [9.17, 15) is 26.8 Å². The minimum atomic E-state index is -3.89. The lowest BCUT2D eigenvalue weighted by Gasteiger charge is -2.31. The third-order valence-corrected chi connectivity index (χ3v) is 7.15. The number of hydrogen-bond acceptors (Lipinski definition) is 5. The van der Waals surface area contributed by atoms with Gasteiger partial charge in [0.1, 0.15) is 11.6 Å². The number of piperidine rings is 1. The molecule has 172 valence electrons. The summed E-state index contributed by atoms with van der Waals surface area (Å²) < 4.78 is 58.8. The van der Waals surface area contributed by atoms with Crippen molar-refractivity contribution in [3.63, 3.8) is 0 Å². The zero-order chi connectivity index (χ0) is 23.5. The summed E-state index contributed by atoms with van der Waals surface area (Å²) in [7, 11) is -3.89. The Morgan fingerprint density at radius 3 is 2.50 bits per heavy atom. The van der Waals surface area contributed by atoms with Crippen LogP contribution in [0.1, 0.15) is 25.3 Å². The third kappa shape index (κ3) is 5.49. The highest BCUT2D eigenvalue weighted by Gasteiger charge is 2.35. The molecule has 2 aromatic rings. The second-order valence-electron chi connectivity index (χ2n) is 7.69. The predicted octanol–water partition coefficient (Wildman–Crippen LogP) is 3.24. The molecule has 1 N–H and O–H groups in total. The molecule has 32 heavy (non-hydrogen) atoms. The zero-order valence-corrected chi connectivity index (χ0v) is 18.5. The molecule has 0 radical (unpaired) electrons. The molecule has 1 heterocycles. The normalized spacial score (nSPS) is 18.1. The monoisotopic (exact) mass is 466 g/mol. The number of amides is 1. The van der Waals surface area contributed by atoms with Gasteiger partial charge in [0.25, 0.3) is 5.91 Å². The van der Waals surface area contributed by atoms with E-state index in [0.717, 1.165) is 16.4 Å². The first-order valence-electron chi connectivity index (χ1n) is 10.1. The summed E-state index contributed by atoms with van der Waals surface area (Å²) in [5.41, 5.74) is 0.662. The number of hydrogen-bond donors (Lipinski definition) is 1. The Balaban J connectivity index is 1.61. The maximum atomic E-state index is 13.7. The summed E-state index contributed by atoms with van der Waals surface area (Å²) in [6.07, 6.45) is -0.314. The van der Waals surface area contributed by atoms with Crippen LogP contribution in [0.25, 0.3) is 0 Å². The SMILES string of the molecule is Cc1ccc(NC(=O)C(C)OC(=O)C2CCCN(S(=O)(=O)c3ccc(F)cc3)C2)cc1F. The van der Waals surface area contributed by atoms with Crippen LogP contribution in [-0.4, -0.2) is 43.8 Å². The Hall–Kier alpha value is -2.85.